The monoisotopic (exact) mass is 264 g/mol. The molecule has 0 saturated carbocycles. The van der Waals surface area contributed by atoms with Crippen LogP contribution in [0.1, 0.15) is 51.1 Å². The average Bonchev–Trinajstić information content (AvgIpc) is 2.92. The Morgan fingerprint density at radius 1 is 1.32 bits per heavy atom. The zero-order valence-electron chi connectivity index (χ0n) is 12.1. The predicted molar refractivity (Wildman–Crippen MR) is 79.2 cm³/mol. The fraction of sp³-hybridized carbons (Fsp3) is 0.625. The number of halogens is 1. The van der Waals surface area contributed by atoms with Crippen LogP contribution in [0.5, 0.6) is 0 Å². The molecule has 0 bridgehead atoms. The largest absolute Gasteiger partial charge is 0.369 e. The van der Waals surface area contributed by atoms with Gasteiger partial charge in [0.15, 0.2) is 0 Å². The van der Waals surface area contributed by atoms with Gasteiger partial charge in [0, 0.05) is 19.1 Å². The van der Waals surface area contributed by atoms with Crippen molar-refractivity contribution in [2.45, 2.75) is 45.6 Å². The maximum absolute atomic E-state index is 14.2. The minimum Gasteiger partial charge on any atom is -0.369 e. The molecule has 0 spiro atoms. The van der Waals surface area contributed by atoms with Gasteiger partial charge in [-0.05, 0) is 50.4 Å². The summed E-state index contributed by atoms with van der Waals surface area (Å²) in [7, 11) is 0. The van der Waals surface area contributed by atoms with Crippen LogP contribution < -0.4 is 10.2 Å². The first-order valence-corrected chi connectivity index (χ1v) is 7.50. The number of rotatable bonds is 6. The molecule has 0 amide bonds. The number of nitrogens with one attached hydrogen (secondary N) is 1. The van der Waals surface area contributed by atoms with E-state index in [9.17, 15) is 4.39 Å². The summed E-state index contributed by atoms with van der Waals surface area (Å²) in [6.07, 6.45) is 4.70. The van der Waals surface area contributed by atoms with E-state index in [0.29, 0.717) is 0 Å². The summed E-state index contributed by atoms with van der Waals surface area (Å²) in [5, 5.41) is 3.44. The van der Waals surface area contributed by atoms with Gasteiger partial charge in [-0.3, -0.25) is 0 Å². The number of nitrogens with zero attached hydrogens (tertiary/aromatic N) is 1. The Morgan fingerprint density at radius 3 is 2.68 bits per heavy atom. The molecular formula is C16H25FN2. The van der Waals surface area contributed by atoms with Crippen molar-refractivity contribution in [3.8, 4) is 0 Å². The smallest absolute Gasteiger partial charge is 0.146 e. The molecule has 1 saturated heterocycles. The van der Waals surface area contributed by atoms with Crippen LogP contribution in [-0.2, 0) is 0 Å². The highest BCUT2D eigenvalue weighted by Crippen LogP contribution is 2.26. The van der Waals surface area contributed by atoms with Gasteiger partial charge in [0.1, 0.15) is 5.82 Å². The van der Waals surface area contributed by atoms with Gasteiger partial charge in [0.25, 0.3) is 0 Å². The highest BCUT2D eigenvalue weighted by molar-refractivity contribution is 5.50. The molecule has 1 aromatic rings. The molecule has 0 unspecified atom stereocenters. The van der Waals surface area contributed by atoms with E-state index in [1.54, 1.807) is 6.07 Å². The minimum atomic E-state index is -0.0801. The first-order valence-electron chi connectivity index (χ1n) is 7.50. The number of benzene rings is 1. The van der Waals surface area contributed by atoms with E-state index in [4.69, 9.17) is 0 Å². The fourth-order valence-corrected chi connectivity index (χ4v) is 2.62. The van der Waals surface area contributed by atoms with Crippen molar-refractivity contribution in [3.05, 3.63) is 29.6 Å². The van der Waals surface area contributed by atoms with Crippen molar-refractivity contribution in [1.29, 1.82) is 0 Å². The standard InChI is InChI=1S/C16H25FN2/c1-3-4-9-18-13(2)14-7-8-16(15(17)12-14)19-10-5-6-11-19/h7-8,12-13,18H,3-6,9-11H2,1-2H3/t13-/m0/s1. The molecule has 1 atom stereocenters. The van der Waals surface area contributed by atoms with Gasteiger partial charge < -0.3 is 10.2 Å². The lowest BCUT2D eigenvalue weighted by molar-refractivity contribution is 0.548. The van der Waals surface area contributed by atoms with Crippen molar-refractivity contribution in [2.75, 3.05) is 24.5 Å². The zero-order chi connectivity index (χ0) is 13.7. The van der Waals surface area contributed by atoms with E-state index in [-0.39, 0.29) is 11.9 Å². The zero-order valence-corrected chi connectivity index (χ0v) is 12.1. The molecule has 0 radical (unpaired) electrons. The van der Waals surface area contributed by atoms with Gasteiger partial charge in [0.05, 0.1) is 5.69 Å². The third-order valence-electron chi connectivity index (χ3n) is 3.90. The van der Waals surface area contributed by atoms with Crippen LogP contribution in [-0.4, -0.2) is 19.6 Å². The van der Waals surface area contributed by atoms with Crippen LogP contribution in [0.2, 0.25) is 0 Å². The summed E-state index contributed by atoms with van der Waals surface area (Å²) in [6.45, 7) is 7.24. The predicted octanol–water partition coefficient (Wildman–Crippen LogP) is 3.88. The van der Waals surface area contributed by atoms with Gasteiger partial charge in [-0.1, -0.05) is 19.4 Å². The molecule has 19 heavy (non-hydrogen) atoms. The van der Waals surface area contributed by atoms with Crippen LogP contribution in [0.4, 0.5) is 10.1 Å². The Hall–Kier alpha value is -1.09. The van der Waals surface area contributed by atoms with Crippen LogP contribution in [0.15, 0.2) is 18.2 Å². The van der Waals surface area contributed by atoms with E-state index >= 15 is 0 Å². The highest BCUT2D eigenvalue weighted by Gasteiger charge is 2.17. The summed E-state index contributed by atoms with van der Waals surface area (Å²) in [6, 6.07) is 5.90. The van der Waals surface area contributed by atoms with E-state index in [0.717, 1.165) is 30.9 Å². The summed E-state index contributed by atoms with van der Waals surface area (Å²) in [5.41, 5.74) is 1.80. The second-order valence-electron chi connectivity index (χ2n) is 5.43. The summed E-state index contributed by atoms with van der Waals surface area (Å²) in [4.78, 5) is 2.15. The van der Waals surface area contributed by atoms with E-state index in [2.05, 4.69) is 30.1 Å². The quantitative estimate of drug-likeness (QED) is 0.784. The molecule has 2 rings (SSSR count). The molecule has 1 aromatic carbocycles. The van der Waals surface area contributed by atoms with Gasteiger partial charge >= 0.3 is 0 Å². The summed E-state index contributed by atoms with van der Waals surface area (Å²) in [5.74, 6) is -0.0801. The maximum atomic E-state index is 14.2. The Morgan fingerprint density at radius 2 is 2.05 bits per heavy atom. The Bertz CT molecular complexity index is 400. The van der Waals surface area contributed by atoms with E-state index in [1.165, 1.54) is 25.7 Å². The molecule has 1 fully saturated rings. The molecular weight excluding hydrogens is 239 g/mol. The molecule has 0 aromatic heterocycles. The summed E-state index contributed by atoms with van der Waals surface area (Å²) >= 11 is 0. The highest BCUT2D eigenvalue weighted by atomic mass is 19.1. The van der Waals surface area contributed by atoms with Crippen LogP contribution in [0, 0.1) is 5.82 Å². The number of hydrogen-bond donors (Lipinski definition) is 1. The Balaban J connectivity index is 2.01. The van der Waals surface area contributed by atoms with Crippen molar-refractivity contribution in [3.63, 3.8) is 0 Å². The molecule has 3 heteroatoms. The van der Waals surface area contributed by atoms with E-state index in [1.807, 2.05) is 6.07 Å². The minimum absolute atomic E-state index is 0.0801. The van der Waals surface area contributed by atoms with Gasteiger partial charge in [0.2, 0.25) is 0 Å². The molecule has 2 nitrogen and oxygen atoms in total. The van der Waals surface area contributed by atoms with Crippen molar-refractivity contribution in [2.24, 2.45) is 0 Å². The van der Waals surface area contributed by atoms with E-state index < -0.39 is 0 Å². The molecule has 1 aliphatic rings. The first-order chi connectivity index (χ1) is 9.22. The lowest BCUT2D eigenvalue weighted by Gasteiger charge is -2.20. The van der Waals surface area contributed by atoms with Gasteiger partial charge in [-0.15, -0.1) is 0 Å². The lowest BCUT2D eigenvalue weighted by atomic mass is 10.1. The number of hydrogen-bond acceptors (Lipinski definition) is 2. The second-order valence-corrected chi connectivity index (χ2v) is 5.43. The maximum Gasteiger partial charge on any atom is 0.146 e. The molecule has 0 aliphatic carbocycles. The molecule has 1 heterocycles. The SMILES string of the molecule is CCCCN[C@@H](C)c1ccc(N2CCCC2)c(F)c1. The summed E-state index contributed by atoms with van der Waals surface area (Å²) < 4.78 is 14.2. The fourth-order valence-electron chi connectivity index (χ4n) is 2.62. The van der Waals surface area contributed by atoms with Crippen molar-refractivity contribution >= 4 is 5.69 Å². The second kappa shape index (κ2) is 6.90. The Labute approximate surface area is 116 Å². The van der Waals surface area contributed by atoms with Crippen molar-refractivity contribution < 1.29 is 4.39 Å². The van der Waals surface area contributed by atoms with Crippen LogP contribution in [0.25, 0.3) is 0 Å². The molecule has 106 valence electrons. The van der Waals surface area contributed by atoms with Crippen molar-refractivity contribution in [1.82, 2.24) is 5.32 Å². The van der Waals surface area contributed by atoms with Gasteiger partial charge in [-0.25, -0.2) is 4.39 Å². The van der Waals surface area contributed by atoms with Crippen LogP contribution >= 0.6 is 0 Å². The number of anilines is 1. The first kappa shape index (κ1) is 14.3. The normalized spacial score (nSPS) is 16.9. The molecule has 1 N–H and O–H groups in total. The van der Waals surface area contributed by atoms with Crippen LogP contribution in [0.3, 0.4) is 0 Å². The third kappa shape index (κ3) is 3.69. The topological polar surface area (TPSA) is 15.3 Å². The van der Waals surface area contributed by atoms with Gasteiger partial charge in [-0.2, -0.15) is 0 Å². The Kier molecular flexibility index (Phi) is 5.20. The third-order valence-corrected chi connectivity index (χ3v) is 3.90. The molecule has 1 aliphatic heterocycles. The lowest BCUT2D eigenvalue weighted by Crippen LogP contribution is -2.21. The number of unbranched alkanes of at least 4 members (excludes halogenated alkanes) is 1. The average molecular weight is 264 g/mol.